The molecule has 0 amide bonds. The molecule has 1 fully saturated rings. The fourth-order valence-electron chi connectivity index (χ4n) is 2.82. The van der Waals surface area contributed by atoms with Crippen LogP contribution >= 0.6 is 0 Å². The lowest BCUT2D eigenvalue weighted by Crippen LogP contribution is -2.58. The van der Waals surface area contributed by atoms with Gasteiger partial charge in [-0.25, -0.2) is 0 Å². The molecule has 0 heterocycles. The summed E-state index contributed by atoms with van der Waals surface area (Å²) in [5, 5.41) is 9.41. The molecule has 1 aliphatic rings. The lowest BCUT2D eigenvalue weighted by atomic mass is 10.00. The van der Waals surface area contributed by atoms with Crippen LogP contribution in [0.1, 0.15) is 32.6 Å². The minimum atomic E-state index is -1.33. The average Bonchev–Trinajstić information content (AvgIpc) is 2.53. The first-order valence-electron chi connectivity index (χ1n) is 5.65. The summed E-state index contributed by atoms with van der Waals surface area (Å²) in [7, 11) is -1.33. The molecule has 0 spiro atoms. The third-order valence-electron chi connectivity index (χ3n) is 3.28. The van der Waals surface area contributed by atoms with Gasteiger partial charge in [0, 0.05) is 0 Å². The van der Waals surface area contributed by atoms with Gasteiger partial charge in [-0.2, -0.15) is 5.26 Å². The quantitative estimate of drug-likeness (QED) is 0.670. The van der Waals surface area contributed by atoms with Gasteiger partial charge >= 0.3 is 0 Å². The summed E-state index contributed by atoms with van der Waals surface area (Å²) in [5.74, 6) is 0. The number of hydrogen-bond acceptors (Lipinski definition) is 2. The fourth-order valence-corrected chi connectivity index (χ4v) is 5.33. The predicted molar refractivity (Wildman–Crippen MR) is 62.5 cm³/mol. The zero-order chi connectivity index (χ0) is 10.8. The maximum Gasteiger partial charge on any atom is 0.120 e. The van der Waals surface area contributed by atoms with Gasteiger partial charge in [0.2, 0.25) is 0 Å². The second-order valence-corrected chi connectivity index (χ2v) is 10.1. The molecule has 2 nitrogen and oxygen atoms in total. The van der Waals surface area contributed by atoms with E-state index in [0.717, 1.165) is 19.4 Å². The van der Waals surface area contributed by atoms with E-state index in [9.17, 15) is 5.26 Å². The van der Waals surface area contributed by atoms with Gasteiger partial charge in [0.05, 0.1) is 6.07 Å². The van der Waals surface area contributed by atoms with Crippen LogP contribution in [0, 0.1) is 11.3 Å². The molecule has 0 saturated heterocycles. The highest BCUT2D eigenvalue weighted by atomic mass is 28.3. The van der Waals surface area contributed by atoms with Gasteiger partial charge in [-0.15, -0.1) is 0 Å². The second-order valence-electron chi connectivity index (χ2n) is 5.27. The van der Waals surface area contributed by atoms with Crippen molar-refractivity contribution < 1.29 is 0 Å². The van der Waals surface area contributed by atoms with E-state index < -0.39 is 8.24 Å². The van der Waals surface area contributed by atoms with Crippen LogP contribution in [0.15, 0.2) is 0 Å². The van der Waals surface area contributed by atoms with E-state index in [4.69, 9.17) is 0 Å². The van der Waals surface area contributed by atoms with E-state index in [1.165, 1.54) is 12.8 Å². The van der Waals surface area contributed by atoms with Gasteiger partial charge < -0.3 is 4.57 Å². The van der Waals surface area contributed by atoms with Crippen molar-refractivity contribution in [2.75, 3.05) is 6.54 Å². The number of nitrogens with zero attached hydrogens (tertiary/aromatic N) is 2. The molecular formula is C11H22N2Si. The lowest BCUT2D eigenvalue weighted by Gasteiger charge is -2.43. The predicted octanol–water partition coefficient (Wildman–Crippen LogP) is 2.98. The fraction of sp³-hybridized carbons (Fsp3) is 0.909. The van der Waals surface area contributed by atoms with Crippen molar-refractivity contribution in [1.82, 2.24) is 4.57 Å². The SMILES string of the molecule is CCN(C1(C#N)CCCC1)[Si](C)(C)C. The van der Waals surface area contributed by atoms with Crippen LogP contribution in [0.5, 0.6) is 0 Å². The van der Waals surface area contributed by atoms with Crippen molar-refractivity contribution in [3.05, 3.63) is 0 Å². The van der Waals surface area contributed by atoms with Crippen molar-refractivity contribution in [3.8, 4) is 6.07 Å². The van der Waals surface area contributed by atoms with Gasteiger partial charge in [-0.05, 0) is 19.4 Å². The molecule has 1 rings (SSSR count). The van der Waals surface area contributed by atoms with E-state index in [0.29, 0.717) is 0 Å². The van der Waals surface area contributed by atoms with Gasteiger partial charge in [-0.1, -0.05) is 39.4 Å². The van der Waals surface area contributed by atoms with Crippen molar-refractivity contribution in [3.63, 3.8) is 0 Å². The maximum absolute atomic E-state index is 9.41. The van der Waals surface area contributed by atoms with Crippen LogP contribution in [0.4, 0.5) is 0 Å². The maximum atomic E-state index is 9.41. The molecule has 0 atom stereocenters. The third kappa shape index (κ3) is 2.02. The molecule has 1 aliphatic carbocycles. The lowest BCUT2D eigenvalue weighted by molar-refractivity contribution is 0.254. The molecule has 3 heteroatoms. The Morgan fingerprint density at radius 1 is 1.29 bits per heavy atom. The molecule has 1 saturated carbocycles. The minimum Gasteiger partial charge on any atom is -0.307 e. The number of nitriles is 1. The van der Waals surface area contributed by atoms with Crippen LogP contribution in [-0.4, -0.2) is 24.9 Å². The zero-order valence-corrected chi connectivity index (χ0v) is 10.9. The second kappa shape index (κ2) is 4.04. The summed E-state index contributed by atoms with van der Waals surface area (Å²) in [6.07, 6.45) is 4.63. The first-order valence-corrected chi connectivity index (χ1v) is 9.10. The molecule has 0 aromatic carbocycles. The largest absolute Gasteiger partial charge is 0.307 e. The topological polar surface area (TPSA) is 27.0 Å². The van der Waals surface area contributed by atoms with Gasteiger partial charge in [0.15, 0.2) is 0 Å². The molecule has 0 aromatic rings. The summed E-state index contributed by atoms with van der Waals surface area (Å²) in [6.45, 7) is 10.2. The Balaban J connectivity index is 2.92. The van der Waals surface area contributed by atoms with Crippen molar-refractivity contribution in [1.29, 1.82) is 5.26 Å². The molecule has 0 aromatic heterocycles. The zero-order valence-electron chi connectivity index (χ0n) is 9.93. The van der Waals surface area contributed by atoms with Gasteiger partial charge in [0.25, 0.3) is 0 Å². The van der Waals surface area contributed by atoms with Gasteiger partial charge in [-0.3, -0.25) is 0 Å². The molecule has 14 heavy (non-hydrogen) atoms. The summed E-state index contributed by atoms with van der Waals surface area (Å²) in [6, 6.07) is 2.60. The summed E-state index contributed by atoms with van der Waals surface area (Å²) >= 11 is 0. The molecule has 0 radical (unpaired) electrons. The Morgan fingerprint density at radius 3 is 2.07 bits per heavy atom. The van der Waals surface area contributed by atoms with E-state index in [1.807, 2.05) is 0 Å². The first kappa shape index (κ1) is 11.7. The smallest absolute Gasteiger partial charge is 0.120 e. The standard InChI is InChI=1S/C11H22N2Si/c1-5-13(14(2,3)4)11(10-12)8-6-7-9-11/h5-9H2,1-4H3. The summed E-state index contributed by atoms with van der Waals surface area (Å²) < 4.78 is 2.51. The van der Waals surface area contributed by atoms with Crippen LogP contribution < -0.4 is 0 Å². The summed E-state index contributed by atoms with van der Waals surface area (Å²) in [4.78, 5) is 0. The normalized spacial score (nSPS) is 21.1. The first-order chi connectivity index (χ1) is 6.46. The highest BCUT2D eigenvalue weighted by Gasteiger charge is 2.44. The molecule has 0 unspecified atom stereocenters. The van der Waals surface area contributed by atoms with Crippen LogP contribution in [0.25, 0.3) is 0 Å². The molecule has 80 valence electrons. The molecule has 0 aliphatic heterocycles. The number of rotatable bonds is 3. The van der Waals surface area contributed by atoms with Gasteiger partial charge in [0.1, 0.15) is 13.8 Å². The highest BCUT2D eigenvalue weighted by molar-refractivity contribution is 6.73. The van der Waals surface area contributed by atoms with E-state index in [2.05, 4.69) is 37.2 Å². The average molecular weight is 210 g/mol. The van der Waals surface area contributed by atoms with Crippen molar-refractivity contribution in [2.45, 2.75) is 57.8 Å². The Morgan fingerprint density at radius 2 is 1.79 bits per heavy atom. The van der Waals surface area contributed by atoms with Crippen molar-refractivity contribution >= 4 is 8.24 Å². The Hall–Kier alpha value is -0.333. The molecule has 0 N–H and O–H groups in total. The third-order valence-corrected chi connectivity index (χ3v) is 5.65. The highest BCUT2D eigenvalue weighted by Crippen LogP contribution is 2.37. The Bertz CT molecular complexity index is 231. The monoisotopic (exact) mass is 210 g/mol. The molecular weight excluding hydrogens is 188 g/mol. The van der Waals surface area contributed by atoms with Crippen LogP contribution in [0.2, 0.25) is 19.6 Å². The Labute approximate surface area is 89.0 Å². The van der Waals surface area contributed by atoms with Crippen LogP contribution in [0.3, 0.4) is 0 Å². The van der Waals surface area contributed by atoms with Crippen LogP contribution in [-0.2, 0) is 0 Å². The number of hydrogen-bond donors (Lipinski definition) is 0. The van der Waals surface area contributed by atoms with E-state index in [1.54, 1.807) is 0 Å². The van der Waals surface area contributed by atoms with E-state index >= 15 is 0 Å². The van der Waals surface area contributed by atoms with Crippen molar-refractivity contribution in [2.24, 2.45) is 0 Å². The minimum absolute atomic E-state index is 0.112. The Kier molecular flexibility index (Phi) is 3.39. The van der Waals surface area contributed by atoms with E-state index in [-0.39, 0.29) is 5.54 Å². The molecule has 0 bridgehead atoms. The summed E-state index contributed by atoms with van der Waals surface area (Å²) in [5.41, 5.74) is -0.112.